The smallest absolute Gasteiger partial charge is 0.374 e. The summed E-state index contributed by atoms with van der Waals surface area (Å²) in [6.07, 6.45) is 0. The SMILES string of the molecule is CCOP(=O)(OCC)C(C)(CSC(C)(C)C)OC(C)=O. The van der Waals surface area contributed by atoms with Crippen LogP contribution in [0.4, 0.5) is 0 Å². The molecule has 0 N–H and O–H groups in total. The highest BCUT2D eigenvalue weighted by Gasteiger charge is 2.50. The molecule has 1 unspecified atom stereocenters. The van der Waals surface area contributed by atoms with Gasteiger partial charge in [0.25, 0.3) is 0 Å². The van der Waals surface area contributed by atoms with Crippen LogP contribution < -0.4 is 0 Å². The number of hydrogen-bond donors (Lipinski definition) is 0. The number of carbonyl (C=O) groups excluding carboxylic acids is 1. The van der Waals surface area contributed by atoms with Gasteiger partial charge in [0.1, 0.15) is 0 Å². The summed E-state index contributed by atoms with van der Waals surface area (Å²) in [4.78, 5) is 11.4. The fourth-order valence-corrected chi connectivity index (χ4v) is 4.60. The fourth-order valence-electron chi connectivity index (χ4n) is 1.47. The molecular weight excluding hydrogens is 299 g/mol. The Hall–Kier alpha value is -0.0300. The summed E-state index contributed by atoms with van der Waals surface area (Å²) in [5.74, 6) is -0.158. The monoisotopic (exact) mass is 326 g/mol. The molecule has 0 heterocycles. The molecule has 0 aromatic heterocycles. The van der Waals surface area contributed by atoms with Crippen molar-refractivity contribution in [3.8, 4) is 0 Å². The van der Waals surface area contributed by atoms with Gasteiger partial charge in [-0.3, -0.25) is 9.36 Å². The molecule has 0 saturated carbocycles. The maximum Gasteiger partial charge on any atom is 0.374 e. The van der Waals surface area contributed by atoms with Gasteiger partial charge in [0.15, 0.2) is 0 Å². The first-order chi connectivity index (χ1) is 8.99. The van der Waals surface area contributed by atoms with E-state index in [2.05, 4.69) is 0 Å². The van der Waals surface area contributed by atoms with Crippen molar-refractivity contribution in [3.05, 3.63) is 0 Å². The predicted molar refractivity (Wildman–Crippen MR) is 83.2 cm³/mol. The van der Waals surface area contributed by atoms with Gasteiger partial charge in [0.2, 0.25) is 5.34 Å². The van der Waals surface area contributed by atoms with Gasteiger partial charge in [-0.2, -0.15) is 11.8 Å². The normalized spacial score (nSPS) is 15.8. The molecule has 120 valence electrons. The van der Waals surface area contributed by atoms with Crippen molar-refractivity contribution in [3.63, 3.8) is 0 Å². The summed E-state index contributed by atoms with van der Waals surface area (Å²) >= 11 is 1.55. The van der Waals surface area contributed by atoms with Crippen molar-refractivity contribution in [2.45, 2.75) is 58.6 Å². The summed E-state index contributed by atoms with van der Waals surface area (Å²) in [5, 5.41) is -1.29. The molecule has 0 aromatic rings. The molecule has 7 heteroatoms. The minimum atomic E-state index is -3.55. The maximum atomic E-state index is 13.0. The highest BCUT2D eigenvalue weighted by Crippen LogP contribution is 2.61. The first kappa shape index (κ1) is 20.0. The first-order valence-corrected chi connectivity index (χ1v) is 9.25. The Labute approximate surface area is 126 Å². The molecule has 0 fully saturated rings. The van der Waals surface area contributed by atoms with Crippen LogP contribution >= 0.6 is 19.4 Å². The second-order valence-corrected chi connectivity index (χ2v) is 9.76. The van der Waals surface area contributed by atoms with E-state index in [1.807, 2.05) is 20.8 Å². The number of thioether (sulfide) groups is 1. The van der Waals surface area contributed by atoms with Gasteiger partial charge in [-0.1, -0.05) is 20.8 Å². The molecule has 0 amide bonds. The molecule has 1 atom stereocenters. The molecule has 0 aromatic carbocycles. The van der Waals surface area contributed by atoms with Gasteiger partial charge >= 0.3 is 13.6 Å². The van der Waals surface area contributed by atoms with E-state index in [9.17, 15) is 9.36 Å². The molecule has 0 aliphatic rings. The van der Waals surface area contributed by atoms with Gasteiger partial charge < -0.3 is 13.8 Å². The van der Waals surface area contributed by atoms with Crippen LogP contribution in [0.3, 0.4) is 0 Å². The van der Waals surface area contributed by atoms with Crippen LogP contribution in [0.25, 0.3) is 0 Å². The molecule has 0 bridgehead atoms. The van der Waals surface area contributed by atoms with Crippen LogP contribution in [-0.4, -0.2) is 35.0 Å². The van der Waals surface area contributed by atoms with Gasteiger partial charge in [-0.25, -0.2) is 0 Å². The number of ether oxygens (including phenoxy) is 1. The number of rotatable bonds is 8. The van der Waals surface area contributed by atoms with Crippen molar-refractivity contribution >= 4 is 25.3 Å². The van der Waals surface area contributed by atoms with E-state index in [1.54, 1.807) is 32.5 Å². The maximum absolute atomic E-state index is 13.0. The van der Waals surface area contributed by atoms with Crippen molar-refractivity contribution in [1.29, 1.82) is 0 Å². The minimum Gasteiger partial charge on any atom is -0.446 e. The van der Waals surface area contributed by atoms with Crippen molar-refractivity contribution in [2.24, 2.45) is 0 Å². The van der Waals surface area contributed by atoms with Gasteiger partial charge in [-0.05, 0) is 20.8 Å². The third-order valence-electron chi connectivity index (χ3n) is 2.31. The molecule has 0 aliphatic heterocycles. The third-order valence-corrected chi connectivity index (χ3v) is 6.69. The van der Waals surface area contributed by atoms with E-state index in [4.69, 9.17) is 13.8 Å². The second kappa shape index (κ2) is 7.83. The fraction of sp³-hybridized carbons (Fsp3) is 0.923. The Morgan fingerprint density at radius 3 is 1.85 bits per heavy atom. The Kier molecular flexibility index (Phi) is 7.82. The van der Waals surface area contributed by atoms with E-state index < -0.39 is 18.9 Å². The zero-order valence-electron chi connectivity index (χ0n) is 13.5. The van der Waals surface area contributed by atoms with Gasteiger partial charge in [-0.15, -0.1) is 0 Å². The lowest BCUT2D eigenvalue weighted by Crippen LogP contribution is -2.37. The lowest BCUT2D eigenvalue weighted by Gasteiger charge is -2.36. The number of hydrogen-bond acceptors (Lipinski definition) is 6. The molecule has 0 saturated heterocycles. The zero-order valence-corrected chi connectivity index (χ0v) is 15.2. The van der Waals surface area contributed by atoms with Crippen molar-refractivity contribution < 1.29 is 23.1 Å². The molecule has 0 radical (unpaired) electrons. The van der Waals surface area contributed by atoms with Crippen LogP contribution in [0, 0.1) is 0 Å². The predicted octanol–water partition coefficient (Wildman–Crippen LogP) is 4.06. The van der Waals surface area contributed by atoms with Crippen molar-refractivity contribution in [1.82, 2.24) is 0 Å². The molecule has 5 nitrogen and oxygen atoms in total. The van der Waals surface area contributed by atoms with Crippen LogP contribution in [0.15, 0.2) is 0 Å². The number of carbonyl (C=O) groups is 1. The summed E-state index contributed by atoms with van der Waals surface area (Å²) in [5.41, 5.74) is 0. The first-order valence-electron chi connectivity index (χ1n) is 6.72. The summed E-state index contributed by atoms with van der Waals surface area (Å²) in [7, 11) is -3.55. The minimum absolute atomic E-state index is 0.0509. The summed E-state index contributed by atoms with van der Waals surface area (Å²) in [6, 6.07) is 0. The highest BCUT2D eigenvalue weighted by atomic mass is 32.2. The Morgan fingerprint density at radius 1 is 1.10 bits per heavy atom. The van der Waals surface area contributed by atoms with E-state index in [0.717, 1.165) is 0 Å². The van der Waals surface area contributed by atoms with Crippen molar-refractivity contribution in [2.75, 3.05) is 19.0 Å². The van der Waals surface area contributed by atoms with E-state index in [1.165, 1.54) is 6.92 Å². The number of esters is 1. The molecule has 0 rings (SSSR count). The Morgan fingerprint density at radius 2 is 1.55 bits per heavy atom. The lowest BCUT2D eigenvalue weighted by molar-refractivity contribution is -0.148. The molecule has 20 heavy (non-hydrogen) atoms. The Balaban J connectivity index is 5.35. The van der Waals surface area contributed by atoms with E-state index >= 15 is 0 Å². The van der Waals surface area contributed by atoms with Crippen LogP contribution in [0.5, 0.6) is 0 Å². The van der Waals surface area contributed by atoms with Gasteiger partial charge in [0.05, 0.1) is 13.2 Å². The molecule has 0 spiro atoms. The summed E-state index contributed by atoms with van der Waals surface area (Å²) < 4.78 is 28.9. The van der Waals surface area contributed by atoms with Crippen LogP contribution in [-0.2, 0) is 23.1 Å². The lowest BCUT2D eigenvalue weighted by atomic mass is 10.3. The average Bonchev–Trinajstić information content (AvgIpc) is 2.25. The third kappa shape index (κ3) is 6.17. The van der Waals surface area contributed by atoms with Crippen LogP contribution in [0.1, 0.15) is 48.5 Å². The topological polar surface area (TPSA) is 61.8 Å². The average molecular weight is 326 g/mol. The quantitative estimate of drug-likeness (QED) is 0.495. The zero-order chi connectivity index (χ0) is 16.0. The van der Waals surface area contributed by atoms with E-state index in [-0.39, 0.29) is 18.0 Å². The van der Waals surface area contributed by atoms with Gasteiger partial charge in [0, 0.05) is 17.4 Å². The van der Waals surface area contributed by atoms with Crippen LogP contribution in [0.2, 0.25) is 0 Å². The Bertz CT molecular complexity index is 356. The molecule has 0 aliphatic carbocycles. The molecular formula is C13H27O5PS. The highest BCUT2D eigenvalue weighted by molar-refractivity contribution is 8.00. The second-order valence-electron chi connectivity index (χ2n) is 5.50. The van der Waals surface area contributed by atoms with E-state index in [0.29, 0.717) is 5.75 Å². The largest absolute Gasteiger partial charge is 0.446 e. The standard InChI is InChI=1S/C13H27O5PS/c1-8-16-19(15,17-9-2)13(7,18-11(3)14)10-20-12(4,5)6/h8-10H2,1-7H3. The summed E-state index contributed by atoms with van der Waals surface area (Å²) in [6.45, 7) is 13.0.